The maximum Gasteiger partial charge on any atom is 0.180 e. The third kappa shape index (κ3) is 1.95. The molecule has 5 heteroatoms. The lowest BCUT2D eigenvalue weighted by Gasteiger charge is -2.26. The summed E-state index contributed by atoms with van der Waals surface area (Å²) in [6.45, 7) is 1.34. The number of fused-ring (bicyclic) bond motifs is 1. The first-order valence-corrected chi connectivity index (χ1v) is 5.67. The van der Waals surface area contributed by atoms with Crippen molar-refractivity contribution in [3.63, 3.8) is 0 Å². The number of rotatable bonds is 1. The Balaban J connectivity index is 1.97. The van der Waals surface area contributed by atoms with Crippen LogP contribution < -0.4 is 4.90 Å². The van der Waals surface area contributed by atoms with Crippen molar-refractivity contribution in [1.29, 1.82) is 0 Å². The fraction of sp³-hybridized carbons (Fsp3) is 0.333. The maximum absolute atomic E-state index is 11.4. The van der Waals surface area contributed by atoms with Crippen LogP contribution in [0.15, 0.2) is 24.5 Å². The average Bonchev–Trinajstić information content (AvgIpc) is 2.38. The number of carbonyl (C=O) groups excluding carboxylic acids is 1. The van der Waals surface area contributed by atoms with Crippen molar-refractivity contribution in [3.8, 4) is 0 Å². The van der Waals surface area contributed by atoms with Crippen molar-refractivity contribution in [2.75, 3.05) is 18.0 Å². The van der Waals surface area contributed by atoms with E-state index in [2.05, 4.69) is 15.0 Å². The molecule has 0 atom stereocenters. The highest BCUT2D eigenvalue weighted by Crippen LogP contribution is 2.18. The molecule has 1 fully saturated rings. The van der Waals surface area contributed by atoms with Gasteiger partial charge in [-0.15, -0.1) is 0 Å². The average molecular weight is 228 g/mol. The van der Waals surface area contributed by atoms with Gasteiger partial charge in [-0.1, -0.05) is 0 Å². The molecule has 0 aliphatic carbocycles. The zero-order chi connectivity index (χ0) is 11.7. The Kier molecular flexibility index (Phi) is 2.44. The van der Waals surface area contributed by atoms with Gasteiger partial charge in [0.1, 0.15) is 11.3 Å². The minimum absolute atomic E-state index is 0.275. The SMILES string of the molecule is O=C1CCCN(c2ccc3nccnc3n2)C1. The zero-order valence-electron chi connectivity index (χ0n) is 9.33. The molecule has 1 aliphatic heterocycles. The van der Waals surface area contributed by atoms with Gasteiger partial charge >= 0.3 is 0 Å². The summed E-state index contributed by atoms with van der Waals surface area (Å²) in [7, 11) is 0. The van der Waals surface area contributed by atoms with Crippen LogP contribution in [0.25, 0.3) is 11.2 Å². The summed E-state index contributed by atoms with van der Waals surface area (Å²) in [5.41, 5.74) is 1.41. The maximum atomic E-state index is 11.4. The molecule has 17 heavy (non-hydrogen) atoms. The second-order valence-electron chi connectivity index (χ2n) is 4.13. The fourth-order valence-electron chi connectivity index (χ4n) is 2.05. The lowest BCUT2D eigenvalue weighted by Crippen LogP contribution is -2.36. The Hall–Kier alpha value is -2.04. The van der Waals surface area contributed by atoms with E-state index < -0.39 is 0 Å². The number of piperidine rings is 1. The largest absolute Gasteiger partial charge is 0.349 e. The number of hydrogen-bond donors (Lipinski definition) is 0. The highest BCUT2D eigenvalue weighted by Gasteiger charge is 2.18. The quantitative estimate of drug-likeness (QED) is 0.733. The summed E-state index contributed by atoms with van der Waals surface area (Å²) in [6, 6.07) is 3.79. The van der Waals surface area contributed by atoms with Crippen LogP contribution in [-0.2, 0) is 4.79 Å². The van der Waals surface area contributed by atoms with E-state index in [0.29, 0.717) is 18.6 Å². The highest BCUT2D eigenvalue weighted by atomic mass is 16.1. The number of ketones is 1. The normalized spacial score (nSPS) is 16.5. The predicted octanol–water partition coefficient (Wildman–Crippen LogP) is 1.19. The lowest BCUT2D eigenvalue weighted by molar-refractivity contribution is -0.118. The monoisotopic (exact) mass is 228 g/mol. The van der Waals surface area contributed by atoms with Crippen molar-refractivity contribution >= 4 is 22.8 Å². The zero-order valence-corrected chi connectivity index (χ0v) is 9.33. The molecule has 2 aromatic rings. The van der Waals surface area contributed by atoms with Gasteiger partial charge in [0.05, 0.1) is 6.54 Å². The first-order chi connectivity index (χ1) is 8.33. The Morgan fingerprint density at radius 2 is 2.06 bits per heavy atom. The van der Waals surface area contributed by atoms with Crippen LogP contribution in [0, 0.1) is 0 Å². The van der Waals surface area contributed by atoms with Crippen LogP contribution in [0.4, 0.5) is 5.82 Å². The highest BCUT2D eigenvalue weighted by molar-refractivity contribution is 5.84. The second-order valence-corrected chi connectivity index (χ2v) is 4.13. The van der Waals surface area contributed by atoms with E-state index in [0.717, 1.165) is 24.3 Å². The van der Waals surface area contributed by atoms with Crippen LogP contribution >= 0.6 is 0 Å². The number of aromatic nitrogens is 3. The number of anilines is 1. The van der Waals surface area contributed by atoms with Crippen molar-refractivity contribution in [2.45, 2.75) is 12.8 Å². The van der Waals surface area contributed by atoms with Gasteiger partial charge in [0.25, 0.3) is 0 Å². The second kappa shape index (κ2) is 4.08. The van der Waals surface area contributed by atoms with Gasteiger partial charge in [-0.05, 0) is 18.6 Å². The minimum Gasteiger partial charge on any atom is -0.349 e. The lowest BCUT2D eigenvalue weighted by atomic mass is 10.1. The molecule has 0 amide bonds. The van der Waals surface area contributed by atoms with Crippen molar-refractivity contribution in [2.24, 2.45) is 0 Å². The Morgan fingerprint density at radius 3 is 2.94 bits per heavy atom. The summed E-state index contributed by atoms with van der Waals surface area (Å²) in [6.07, 6.45) is 4.86. The fourth-order valence-corrected chi connectivity index (χ4v) is 2.05. The van der Waals surface area contributed by atoms with Crippen molar-refractivity contribution in [3.05, 3.63) is 24.5 Å². The van der Waals surface area contributed by atoms with Crippen molar-refractivity contribution in [1.82, 2.24) is 15.0 Å². The summed E-state index contributed by atoms with van der Waals surface area (Å²) < 4.78 is 0. The van der Waals surface area contributed by atoms with E-state index >= 15 is 0 Å². The molecule has 1 saturated heterocycles. The standard InChI is InChI=1S/C12H12N4O/c17-9-2-1-7-16(8-9)11-4-3-10-12(15-11)14-6-5-13-10/h3-6H,1-2,7-8H2. The number of carbonyl (C=O) groups is 1. The van der Waals surface area contributed by atoms with Gasteiger partial charge in [-0.2, -0.15) is 0 Å². The predicted molar refractivity (Wildman–Crippen MR) is 63.8 cm³/mol. The molecule has 86 valence electrons. The van der Waals surface area contributed by atoms with Crippen LogP contribution in [0.3, 0.4) is 0 Å². The number of nitrogens with zero attached hydrogens (tertiary/aromatic N) is 4. The molecule has 0 bridgehead atoms. The molecule has 0 N–H and O–H groups in total. The summed E-state index contributed by atoms with van der Waals surface area (Å²) in [5, 5.41) is 0. The molecule has 0 unspecified atom stereocenters. The van der Waals surface area contributed by atoms with Gasteiger partial charge in [-0.25, -0.2) is 9.97 Å². The Morgan fingerprint density at radius 1 is 1.18 bits per heavy atom. The smallest absolute Gasteiger partial charge is 0.180 e. The molecule has 0 spiro atoms. The summed E-state index contributed by atoms with van der Waals surface area (Å²) >= 11 is 0. The molecule has 0 saturated carbocycles. The van der Waals surface area contributed by atoms with E-state index in [4.69, 9.17) is 0 Å². The molecule has 0 aromatic carbocycles. The van der Waals surface area contributed by atoms with Crippen molar-refractivity contribution < 1.29 is 4.79 Å². The van der Waals surface area contributed by atoms with Crippen LogP contribution in [0.5, 0.6) is 0 Å². The molecule has 0 radical (unpaired) electrons. The number of Topliss-reactive ketones (excluding diaryl/α,β-unsaturated/α-hetero) is 1. The number of hydrogen-bond acceptors (Lipinski definition) is 5. The van der Waals surface area contributed by atoms with E-state index in [9.17, 15) is 4.79 Å². The van der Waals surface area contributed by atoms with E-state index in [1.807, 2.05) is 17.0 Å². The van der Waals surface area contributed by atoms with Gasteiger partial charge in [0, 0.05) is 25.4 Å². The molecule has 3 rings (SSSR count). The molecule has 5 nitrogen and oxygen atoms in total. The molecule has 2 aromatic heterocycles. The molecule has 3 heterocycles. The Bertz CT molecular complexity index is 569. The van der Waals surface area contributed by atoms with Gasteiger partial charge in [-0.3, -0.25) is 9.78 Å². The first kappa shape index (κ1) is 10.1. The molecular weight excluding hydrogens is 216 g/mol. The first-order valence-electron chi connectivity index (χ1n) is 5.67. The summed E-state index contributed by atoms with van der Waals surface area (Å²) in [5.74, 6) is 1.09. The topological polar surface area (TPSA) is 59.0 Å². The van der Waals surface area contributed by atoms with Gasteiger partial charge in [0.2, 0.25) is 0 Å². The Labute approximate surface area is 98.5 Å². The van der Waals surface area contributed by atoms with E-state index in [1.165, 1.54) is 0 Å². The van der Waals surface area contributed by atoms with E-state index in [-0.39, 0.29) is 5.78 Å². The minimum atomic E-state index is 0.275. The number of pyridine rings is 1. The third-order valence-electron chi connectivity index (χ3n) is 2.89. The van der Waals surface area contributed by atoms with Crippen LogP contribution in [0.1, 0.15) is 12.8 Å². The van der Waals surface area contributed by atoms with Gasteiger partial charge in [0.15, 0.2) is 11.4 Å². The van der Waals surface area contributed by atoms with E-state index in [1.54, 1.807) is 12.4 Å². The van der Waals surface area contributed by atoms with Crippen LogP contribution in [0.2, 0.25) is 0 Å². The molecule has 1 aliphatic rings. The summed E-state index contributed by atoms with van der Waals surface area (Å²) in [4.78, 5) is 26.2. The third-order valence-corrected chi connectivity index (χ3v) is 2.89. The van der Waals surface area contributed by atoms with Gasteiger partial charge < -0.3 is 4.90 Å². The molecular formula is C12H12N4O. The van der Waals surface area contributed by atoms with Crippen LogP contribution in [-0.4, -0.2) is 33.8 Å².